The molecule has 0 unspecified atom stereocenters. The zero-order valence-electron chi connectivity index (χ0n) is 11.5. The number of hydrogen-bond acceptors (Lipinski definition) is 5. The predicted molar refractivity (Wildman–Crippen MR) is 76.3 cm³/mol. The molecule has 5 nitrogen and oxygen atoms in total. The predicted octanol–water partition coefficient (Wildman–Crippen LogP) is 2.75. The Hall–Kier alpha value is -2.61. The summed E-state index contributed by atoms with van der Waals surface area (Å²) in [6.45, 7) is 4.44. The van der Waals surface area contributed by atoms with Gasteiger partial charge in [-0.3, -0.25) is 0 Å². The highest BCUT2D eigenvalue weighted by Gasteiger charge is 2.08. The quantitative estimate of drug-likeness (QED) is 0.902. The zero-order chi connectivity index (χ0) is 14.4. The summed E-state index contributed by atoms with van der Waals surface area (Å²) in [5.74, 6) is 0.609. The Morgan fingerprint density at radius 1 is 1.25 bits per heavy atom. The molecule has 0 atom stereocenters. The molecule has 0 radical (unpaired) electrons. The van der Waals surface area contributed by atoms with E-state index in [1.54, 1.807) is 18.5 Å². The second-order valence-electron chi connectivity index (χ2n) is 4.50. The first-order valence-electron chi connectivity index (χ1n) is 6.40. The first-order valence-corrected chi connectivity index (χ1v) is 6.40. The van der Waals surface area contributed by atoms with Crippen LogP contribution in [0.3, 0.4) is 0 Å². The Labute approximate surface area is 118 Å². The standard InChI is InChI=1S/C15H16N4O/c1-11(2)20-15-12(5-3-8-18-15)10-19-13-6-4-7-17-14(13)9-16/h3-8,11,19H,10H2,1-2H3. The lowest BCUT2D eigenvalue weighted by molar-refractivity contribution is 0.230. The van der Waals surface area contributed by atoms with Crippen LogP contribution in [0.4, 0.5) is 5.69 Å². The van der Waals surface area contributed by atoms with Gasteiger partial charge in [-0.05, 0) is 32.0 Å². The van der Waals surface area contributed by atoms with Crippen LogP contribution in [0.1, 0.15) is 25.1 Å². The average molecular weight is 268 g/mol. The molecule has 0 bridgehead atoms. The molecule has 2 rings (SSSR count). The van der Waals surface area contributed by atoms with E-state index in [0.717, 1.165) is 5.56 Å². The molecular weight excluding hydrogens is 252 g/mol. The van der Waals surface area contributed by atoms with Crippen LogP contribution in [0.25, 0.3) is 0 Å². The van der Waals surface area contributed by atoms with Gasteiger partial charge in [0, 0.05) is 24.5 Å². The number of aromatic nitrogens is 2. The summed E-state index contributed by atoms with van der Waals surface area (Å²) in [4.78, 5) is 8.24. The summed E-state index contributed by atoms with van der Waals surface area (Å²) in [5, 5.41) is 12.2. The molecule has 0 aromatic carbocycles. The maximum absolute atomic E-state index is 9.00. The Balaban J connectivity index is 2.13. The maximum atomic E-state index is 9.00. The van der Waals surface area contributed by atoms with E-state index < -0.39 is 0 Å². The third kappa shape index (κ3) is 3.45. The van der Waals surface area contributed by atoms with E-state index in [1.807, 2.05) is 32.0 Å². The van der Waals surface area contributed by atoms with Gasteiger partial charge in [0.1, 0.15) is 6.07 Å². The molecule has 20 heavy (non-hydrogen) atoms. The number of nitriles is 1. The zero-order valence-corrected chi connectivity index (χ0v) is 11.5. The summed E-state index contributed by atoms with van der Waals surface area (Å²) in [6, 6.07) is 9.48. The number of pyridine rings is 2. The van der Waals surface area contributed by atoms with Crippen molar-refractivity contribution in [3.63, 3.8) is 0 Å². The molecule has 5 heteroatoms. The van der Waals surface area contributed by atoms with Crippen molar-refractivity contribution < 1.29 is 4.74 Å². The van der Waals surface area contributed by atoms with Crippen molar-refractivity contribution in [1.82, 2.24) is 9.97 Å². The molecule has 0 aliphatic rings. The molecule has 1 N–H and O–H groups in total. The lowest BCUT2D eigenvalue weighted by Crippen LogP contribution is -2.11. The average Bonchev–Trinajstić information content (AvgIpc) is 2.46. The van der Waals surface area contributed by atoms with Gasteiger partial charge in [-0.2, -0.15) is 5.26 Å². The van der Waals surface area contributed by atoms with Crippen molar-refractivity contribution in [2.45, 2.75) is 26.5 Å². The summed E-state index contributed by atoms with van der Waals surface area (Å²) in [6.07, 6.45) is 3.37. The molecule has 2 aromatic rings. The van der Waals surface area contributed by atoms with Crippen LogP contribution < -0.4 is 10.1 Å². The van der Waals surface area contributed by atoms with Gasteiger partial charge in [0.25, 0.3) is 0 Å². The topological polar surface area (TPSA) is 70.8 Å². The smallest absolute Gasteiger partial charge is 0.218 e. The van der Waals surface area contributed by atoms with Crippen molar-refractivity contribution in [2.24, 2.45) is 0 Å². The van der Waals surface area contributed by atoms with Crippen LogP contribution >= 0.6 is 0 Å². The van der Waals surface area contributed by atoms with E-state index >= 15 is 0 Å². The van der Waals surface area contributed by atoms with E-state index in [0.29, 0.717) is 23.8 Å². The molecule has 0 saturated carbocycles. The van der Waals surface area contributed by atoms with Crippen LogP contribution in [0.2, 0.25) is 0 Å². The second-order valence-corrected chi connectivity index (χ2v) is 4.50. The van der Waals surface area contributed by atoms with Crippen LogP contribution in [-0.4, -0.2) is 16.1 Å². The molecule has 0 aliphatic carbocycles. The van der Waals surface area contributed by atoms with Crippen LogP contribution in [0.15, 0.2) is 36.7 Å². The number of nitrogens with zero attached hydrogens (tertiary/aromatic N) is 3. The Morgan fingerprint density at radius 3 is 2.75 bits per heavy atom. The fraction of sp³-hybridized carbons (Fsp3) is 0.267. The Morgan fingerprint density at radius 2 is 2.00 bits per heavy atom. The molecule has 0 aliphatic heterocycles. The third-order valence-electron chi connectivity index (χ3n) is 2.58. The monoisotopic (exact) mass is 268 g/mol. The normalized spacial score (nSPS) is 10.1. The fourth-order valence-corrected chi connectivity index (χ4v) is 1.72. The largest absolute Gasteiger partial charge is 0.475 e. The van der Waals surface area contributed by atoms with Gasteiger partial charge in [-0.25, -0.2) is 9.97 Å². The lowest BCUT2D eigenvalue weighted by atomic mass is 10.2. The SMILES string of the molecule is CC(C)Oc1ncccc1CNc1cccnc1C#N. The molecule has 2 heterocycles. The molecular formula is C15H16N4O. The highest BCUT2D eigenvalue weighted by molar-refractivity contribution is 5.53. The Kier molecular flexibility index (Phi) is 4.51. The minimum absolute atomic E-state index is 0.0664. The molecule has 0 amide bonds. The second kappa shape index (κ2) is 6.53. The minimum atomic E-state index is 0.0664. The van der Waals surface area contributed by atoms with Gasteiger partial charge < -0.3 is 10.1 Å². The summed E-state index contributed by atoms with van der Waals surface area (Å²) in [5.41, 5.74) is 2.02. The van der Waals surface area contributed by atoms with E-state index in [-0.39, 0.29) is 6.10 Å². The van der Waals surface area contributed by atoms with Gasteiger partial charge in [0.05, 0.1) is 11.8 Å². The molecule has 0 fully saturated rings. The first-order chi connectivity index (χ1) is 9.70. The van der Waals surface area contributed by atoms with E-state index in [4.69, 9.17) is 10.00 Å². The van der Waals surface area contributed by atoms with Crippen LogP contribution in [0, 0.1) is 11.3 Å². The van der Waals surface area contributed by atoms with Crippen molar-refractivity contribution in [3.05, 3.63) is 47.9 Å². The number of rotatable bonds is 5. The van der Waals surface area contributed by atoms with E-state index in [2.05, 4.69) is 21.4 Å². The summed E-state index contributed by atoms with van der Waals surface area (Å²) in [7, 11) is 0. The van der Waals surface area contributed by atoms with Gasteiger partial charge in [0.15, 0.2) is 5.69 Å². The van der Waals surface area contributed by atoms with E-state index in [9.17, 15) is 0 Å². The Bertz CT molecular complexity index is 619. The number of nitrogens with one attached hydrogen (secondary N) is 1. The highest BCUT2D eigenvalue weighted by atomic mass is 16.5. The number of anilines is 1. The van der Waals surface area contributed by atoms with Crippen molar-refractivity contribution in [2.75, 3.05) is 5.32 Å². The van der Waals surface area contributed by atoms with Gasteiger partial charge >= 0.3 is 0 Å². The van der Waals surface area contributed by atoms with Crippen molar-refractivity contribution in [1.29, 1.82) is 5.26 Å². The number of ether oxygens (including phenoxy) is 1. The lowest BCUT2D eigenvalue weighted by Gasteiger charge is -2.14. The molecule has 0 saturated heterocycles. The summed E-state index contributed by atoms with van der Waals surface area (Å²) >= 11 is 0. The first kappa shape index (κ1) is 13.8. The molecule has 2 aromatic heterocycles. The summed E-state index contributed by atoms with van der Waals surface area (Å²) < 4.78 is 5.66. The van der Waals surface area contributed by atoms with Crippen LogP contribution in [-0.2, 0) is 6.54 Å². The van der Waals surface area contributed by atoms with Crippen LogP contribution in [0.5, 0.6) is 5.88 Å². The third-order valence-corrected chi connectivity index (χ3v) is 2.58. The van der Waals surface area contributed by atoms with Gasteiger partial charge in [-0.15, -0.1) is 0 Å². The highest BCUT2D eigenvalue weighted by Crippen LogP contribution is 2.18. The minimum Gasteiger partial charge on any atom is -0.475 e. The maximum Gasteiger partial charge on any atom is 0.218 e. The number of hydrogen-bond donors (Lipinski definition) is 1. The molecule has 102 valence electrons. The fourth-order valence-electron chi connectivity index (χ4n) is 1.72. The molecule has 0 spiro atoms. The van der Waals surface area contributed by atoms with Crippen molar-refractivity contribution in [3.8, 4) is 11.9 Å². The van der Waals surface area contributed by atoms with Crippen molar-refractivity contribution >= 4 is 5.69 Å². The van der Waals surface area contributed by atoms with E-state index in [1.165, 1.54) is 0 Å². The van der Waals surface area contributed by atoms with Gasteiger partial charge in [0.2, 0.25) is 5.88 Å². The van der Waals surface area contributed by atoms with Gasteiger partial charge in [-0.1, -0.05) is 6.07 Å².